The minimum absolute atomic E-state index is 0.0234. The smallest absolute Gasteiger partial charge is 0.240 e. The molecule has 2 N–H and O–H groups in total. The van der Waals surface area contributed by atoms with Crippen molar-refractivity contribution in [1.82, 2.24) is 10.0 Å². The number of halogens is 1. The number of aryl methyl sites for hydroxylation is 1. The molecule has 1 saturated carbocycles. The zero-order chi connectivity index (χ0) is 21.6. The van der Waals surface area contributed by atoms with Crippen LogP contribution >= 0.6 is 0 Å². The van der Waals surface area contributed by atoms with Gasteiger partial charge in [-0.15, -0.1) is 0 Å². The Bertz CT molecular complexity index is 937. The normalized spacial score (nSPS) is 16.2. The number of carbonyl (C=O) groups is 1. The largest absolute Gasteiger partial charge is 0.350 e. The summed E-state index contributed by atoms with van der Waals surface area (Å²) in [6.45, 7) is 1.85. The first kappa shape index (κ1) is 22.4. The monoisotopic (exact) mass is 432 g/mol. The molecule has 5 nitrogen and oxygen atoms in total. The van der Waals surface area contributed by atoms with Crippen LogP contribution in [-0.2, 0) is 21.2 Å². The molecule has 1 fully saturated rings. The molecule has 7 heteroatoms. The van der Waals surface area contributed by atoms with Crippen LogP contribution in [0.5, 0.6) is 0 Å². The van der Waals surface area contributed by atoms with Gasteiger partial charge >= 0.3 is 0 Å². The van der Waals surface area contributed by atoms with Gasteiger partial charge in [-0.3, -0.25) is 4.79 Å². The Morgan fingerprint density at radius 3 is 2.30 bits per heavy atom. The van der Waals surface area contributed by atoms with Gasteiger partial charge in [0.05, 0.1) is 10.9 Å². The van der Waals surface area contributed by atoms with Crippen LogP contribution in [0.3, 0.4) is 0 Å². The van der Waals surface area contributed by atoms with E-state index in [0.29, 0.717) is 6.42 Å². The van der Waals surface area contributed by atoms with E-state index in [1.807, 2.05) is 6.92 Å². The van der Waals surface area contributed by atoms with Gasteiger partial charge in [0.2, 0.25) is 15.9 Å². The maximum atomic E-state index is 13.0. The van der Waals surface area contributed by atoms with Gasteiger partial charge in [0.15, 0.2) is 0 Å². The molecule has 1 atom stereocenters. The lowest BCUT2D eigenvalue weighted by molar-refractivity contribution is -0.121. The Morgan fingerprint density at radius 1 is 1.03 bits per heavy atom. The van der Waals surface area contributed by atoms with Crippen LogP contribution in [0.1, 0.15) is 62.6 Å². The molecule has 2 aromatic carbocycles. The van der Waals surface area contributed by atoms with E-state index in [2.05, 4.69) is 10.0 Å². The van der Waals surface area contributed by atoms with E-state index >= 15 is 0 Å². The molecule has 3 rings (SSSR count). The SMILES string of the molecule is C[C@@H](NC(=O)CCc1ccc(S(=O)(=O)NC2CCCCC2)cc1)c1ccc(F)cc1. The number of amides is 1. The fourth-order valence-corrected chi connectivity index (χ4v) is 5.05. The van der Waals surface area contributed by atoms with Crippen LogP contribution in [0, 0.1) is 5.82 Å². The lowest BCUT2D eigenvalue weighted by Crippen LogP contribution is -2.36. The highest BCUT2D eigenvalue weighted by Crippen LogP contribution is 2.20. The molecular weight excluding hydrogens is 403 g/mol. The summed E-state index contributed by atoms with van der Waals surface area (Å²) >= 11 is 0. The van der Waals surface area contributed by atoms with E-state index in [1.165, 1.54) is 18.6 Å². The van der Waals surface area contributed by atoms with Crippen LogP contribution in [-0.4, -0.2) is 20.4 Å². The predicted molar refractivity (Wildman–Crippen MR) is 115 cm³/mol. The summed E-state index contributed by atoms with van der Waals surface area (Å²) in [4.78, 5) is 12.5. The van der Waals surface area contributed by atoms with E-state index in [1.54, 1.807) is 36.4 Å². The number of rotatable bonds is 8. The summed E-state index contributed by atoms with van der Waals surface area (Å²) < 4.78 is 40.9. The second-order valence-electron chi connectivity index (χ2n) is 7.94. The minimum Gasteiger partial charge on any atom is -0.350 e. The van der Waals surface area contributed by atoms with Crippen molar-refractivity contribution >= 4 is 15.9 Å². The predicted octanol–water partition coefficient (Wildman–Crippen LogP) is 4.25. The third-order valence-corrected chi connectivity index (χ3v) is 7.09. The Balaban J connectivity index is 1.50. The summed E-state index contributed by atoms with van der Waals surface area (Å²) in [5.74, 6) is -0.417. The molecule has 0 heterocycles. The molecule has 30 heavy (non-hydrogen) atoms. The average Bonchev–Trinajstić information content (AvgIpc) is 2.73. The van der Waals surface area contributed by atoms with E-state index in [-0.39, 0.29) is 35.1 Å². The first-order valence-electron chi connectivity index (χ1n) is 10.5. The molecule has 0 aliphatic heterocycles. The number of hydrogen-bond donors (Lipinski definition) is 2. The molecule has 2 aromatic rings. The quantitative estimate of drug-likeness (QED) is 0.655. The van der Waals surface area contributed by atoms with Crippen LogP contribution in [0.4, 0.5) is 4.39 Å². The summed E-state index contributed by atoms with van der Waals surface area (Å²) in [5.41, 5.74) is 1.74. The molecular formula is C23H29FN2O3S. The van der Waals surface area contributed by atoms with Crippen molar-refractivity contribution in [2.75, 3.05) is 0 Å². The van der Waals surface area contributed by atoms with Crippen molar-refractivity contribution in [2.45, 2.75) is 68.8 Å². The van der Waals surface area contributed by atoms with Crippen molar-refractivity contribution in [1.29, 1.82) is 0 Å². The first-order chi connectivity index (χ1) is 14.3. The third kappa shape index (κ3) is 6.37. The van der Waals surface area contributed by atoms with Gasteiger partial charge in [0.25, 0.3) is 0 Å². The average molecular weight is 433 g/mol. The summed E-state index contributed by atoms with van der Waals surface area (Å²) in [5, 5.41) is 2.90. The highest BCUT2D eigenvalue weighted by molar-refractivity contribution is 7.89. The van der Waals surface area contributed by atoms with Crippen molar-refractivity contribution in [2.24, 2.45) is 0 Å². The van der Waals surface area contributed by atoms with Gasteiger partial charge in [-0.1, -0.05) is 43.5 Å². The maximum absolute atomic E-state index is 13.0. The molecule has 0 bridgehead atoms. The standard InChI is InChI=1S/C23H29FN2O3S/c1-17(19-10-12-20(24)13-11-19)25-23(27)16-9-18-7-14-22(15-8-18)30(28,29)26-21-5-3-2-4-6-21/h7-8,10-15,17,21,26H,2-6,9,16H2,1H3,(H,25,27)/t17-/m1/s1. The lowest BCUT2D eigenvalue weighted by Gasteiger charge is -2.22. The molecule has 1 aliphatic carbocycles. The summed E-state index contributed by atoms with van der Waals surface area (Å²) in [6.07, 6.45) is 5.88. The second kappa shape index (κ2) is 10.2. The molecule has 0 aromatic heterocycles. The zero-order valence-corrected chi connectivity index (χ0v) is 18.1. The van der Waals surface area contributed by atoms with Gasteiger partial charge in [-0.05, 0) is 61.6 Å². The first-order valence-corrected chi connectivity index (χ1v) is 12.0. The summed E-state index contributed by atoms with van der Waals surface area (Å²) in [6, 6.07) is 12.6. The van der Waals surface area contributed by atoms with E-state index in [9.17, 15) is 17.6 Å². The van der Waals surface area contributed by atoms with Crippen LogP contribution in [0.15, 0.2) is 53.4 Å². The zero-order valence-electron chi connectivity index (χ0n) is 17.2. The van der Waals surface area contributed by atoms with E-state index < -0.39 is 10.0 Å². The van der Waals surface area contributed by atoms with Gasteiger partial charge in [-0.25, -0.2) is 17.5 Å². The van der Waals surface area contributed by atoms with Gasteiger partial charge in [-0.2, -0.15) is 0 Å². The third-order valence-electron chi connectivity index (χ3n) is 5.55. The molecule has 162 valence electrons. The Morgan fingerprint density at radius 2 is 1.67 bits per heavy atom. The summed E-state index contributed by atoms with van der Waals surface area (Å²) in [7, 11) is -3.51. The Hall–Kier alpha value is -2.25. The van der Waals surface area contributed by atoms with Gasteiger partial charge in [0, 0.05) is 12.5 Å². The molecule has 1 amide bonds. The van der Waals surface area contributed by atoms with Gasteiger partial charge in [0.1, 0.15) is 5.82 Å². The van der Waals surface area contributed by atoms with Crippen molar-refractivity contribution < 1.29 is 17.6 Å². The number of hydrogen-bond acceptors (Lipinski definition) is 3. The Labute approximate surface area is 178 Å². The minimum atomic E-state index is -3.51. The maximum Gasteiger partial charge on any atom is 0.240 e. The molecule has 0 saturated heterocycles. The molecule has 0 unspecified atom stereocenters. The molecule has 1 aliphatic rings. The fraction of sp³-hybridized carbons (Fsp3) is 0.435. The van der Waals surface area contributed by atoms with E-state index in [0.717, 1.165) is 36.8 Å². The lowest BCUT2D eigenvalue weighted by atomic mass is 9.96. The fourth-order valence-electron chi connectivity index (χ4n) is 3.75. The number of nitrogens with one attached hydrogen (secondary N) is 2. The van der Waals surface area contributed by atoms with Crippen molar-refractivity contribution in [3.63, 3.8) is 0 Å². The topological polar surface area (TPSA) is 75.3 Å². The highest BCUT2D eigenvalue weighted by Gasteiger charge is 2.21. The van der Waals surface area contributed by atoms with Crippen LogP contribution in [0.25, 0.3) is 0 Å². The van der Waals surface area contributed by atoms with Crippen LogP contribution < -0.4 is 10.0 Å². The number of carbonyl (C=O) groups excluding carboxylic acids is 1. The van der Waals surface area contributed by atoms with E-state index in [4.69, 9.17) is 0 Å². The Kier molecular flexibility index (Phi) is 7.61. The molecule has 0 spiro atoms. The number of benzene rings is 2. The number of sulfonamides is 1. The second-order valence-corrected chi connectivity index (χ2v) is 9.65. The van der Waals surface area contributed by atoms with Crippen molar-refractivity contribution in [3.8, 4) is 0 Å². The van der Waals surface area contributed by atoms with Crippen LogP contribution in [0.2, 0.25) is 0 Å². The van der Waals surface area contributed by atoms with Crippen molar-refractivity contribution in [3.05, 3.63) is 65.5 Å². The highest BCUT2D eigenvalue weighted by atomic mass is 32.2. The van der Waals surface area contributed by atoms with Gasteiger partial charge < -0.3 is 5.32 Å². The molecule has 0 radical (unpaired) electrons.